The summed E-state index contributed by atoms with van der Waals surface area (Å²) in [5.41, 5.74) is 4.47. The van der Waals surface area contributed by atoms with Crippen LogP contribution in [0, 0.1) is 19.8 Å². The summed E-state index contributed by atoms with van der Waals surface area (Å²) in [6.07, 6.45) is 5.92. The van der Waals surface area contributed by atoms with Gasteiger partial charge in [0.2, 0.25) is 0 Å². The van der Waals surface area contributed by atoms with Crippen LogP contribution >= 0.6 is 0 Å². The molecule has 1 aliphatic rings. The first-order valence-corrected chi connectivity index (χ1v) is 7.42. The minimum Gasteiger partial charge on any atom is -0.0776 e. The monoisotopic (exact) mass is 262 g/mol. The molecule has 1 fully saturated rings. The minimum absolute atomic E-state index is 0. The van der Waals surface area contributed by atoms with E-state index in [1.54, 1.807) is 0 Å². The summed E-state index contributed by atoms with van der Waals surface area (Å²) >= 11 is 0. The third-order valence-electron chi connectivity index (χ3n) is 3.77. The van der Waals surface area contributed by atoms with Crippen LogP contribution in [-0.4, -0.2) is 0 Å². The molecule has 110 valence electrons. The summed E-state index contributed by atoms with van der Waals surface area (Å²) in [6.45, 7) is 13.3. The van der Waals surface area contributed by atoms with Crippen molar-refractivity contribution in [3.8, 4) is 0 Å². The zero-order valence-corrected chi connectivity index (χ0v) is 13.1. The van der Waals surface area contributed by atoms with Gasteiger partial charge in [0.1, 0.15) is 0 Å². The van der Waals surface area contributed by atoms with Crippen LogP contribution in [0.15, 0.2) is 18.2 Å². The van der Waals surface area contributed by atoms with E-state index in [9.17, 15) is 0 Å². The predicted molar refractivity (Wildman–Crippen MR) is 89.0 cm³/mol. The molecule has 0 N–H and O–H groups in total. The van der Waals surface area contributed by atoms with Gasteiger partial charge in [-0.25, -0.2) is 0 Å². The minimum atomic E-state index is 0. The Morgan fingerprint density at radius 3 is 1.95 bits per heavy atom. The van der Waals surface area contributed by atoms with Gasteiger partial charge in [0.25, 0.3) is 0 Å². The third kappa shape index (κ3) is 6.80. The molecule has 1 saturated carbocycles. The molecule has 0 bridgehead atoms. The molecule has 0 aromatic heterocycles. The van der Waals surface area contributed by atoms with E-state index >= 15 is 0 Å². The van der Waals surface area contributed by atoms with E-state index in [4.69, 9.17) is 0 Å². The van der Waals surface area contributed by atoms with Gasteiger partial charge in [0, 0.05) is 0 Å². The smallest absolute Gasteiger partial charge is 0.0132 e. The first-order valence-electron chi connectivity index (χ1n) is 7.42. The Morgan fingerprint density at radius 2 is 1.63 bits per heavy atom. The topological polar surface area (TPSA) is 0 Å². The third-order valence-corrected chi connectivity index (χ3v) is 3.77. The SMILES string of the molecule is C.CCCC1CC1.Cc1ccc(C(C)(C)C)cc1C. The highest BCUT2D eigenvalue weighted by Crippen LogP contribution is 2.33. The standard InChI is InChI=1S/C12H18.C6H12.CH4/c1-9-6-7-11(8-10(9)2)12(3,4)5;1-2-3-6-4-5-6;/h6-8H,1-5H3;6H,2-5H2,1H3;1H4. The molecule has 0 nitrogen and oxygen atoms in total. The first kappa shape index (κ1) is 18.2. The summed E-state index contributed by atoms with van der Waals surface area (Å²) in [7, 11) is 0. The van der Waals surface area contributed by atoms with Gasteiger partial charge in [-0.15, -0.1) is 0 Å². The van der Waals surface area contributed by atoms with Gasteiger partial charge < -0.3 is 0 Å². The number of hydrogen-bond acceptors (Lipinski definition) is 0. The molecule has 0 saturated heterocycles. The van der Waals surface area contributed by atoms with E-state index in [0.29, 0.717) is 0 Å². The number of benzene rings is 1. The maximum Gasteiger partial charge on any atom is -0.0132 e. The predicted octanol–water partition coefficient (Wildman–Crippen LogP) is 6.43. The summed E-state index contributed by atoms with van der Waals surface area (Å²) < 4.78 is 0. The average Bonchev–Trinajstić information content (AvgIpc) is 3.06. The summed E-state index contributed by atoms with van der Waals surface area (Å²) in [6, 6.07) is 6.72. The van der Waals surface area contributed by atoms with Crippen molar-refractivity contribution in [3.63, 3.8) is 0 Å². The summed E-state index contributed by atoms with van der Waals surface area (Å²) in [4.78, 5) is 0. The number of aryl methyl sites for hydroxylation is 2. The fourth-order valence-electron chi connectivity index (χ4n) is 2.02. The number of hydrogen-bond donors (Lipinski definition) is 0. The van der Waals surface area contributed by atoms with Gasteiger partial charge in [-0.05, 0) is 41.9 Å². The molecule has 0 spiro atoms. The van der Waals surface area contributed by atoms with E-state index in [0.717, 1.165) is 5.92 Å². The second-order valence-corrected chi connectivity index (χ2v) is 6.78. The van der Waals surface area contributed by atoms with Crippen LogP contribution in [-0.2, 0) is 5.41 Å². The molecule has 0 amide bonds. The van der Waals surface area contributed by atoms with Crippen molar-refractivity contribution in [1.82, 2.24) is 0 Å². The van der Waals surface area contributed by atoms with E-state index in [1.165, 1.54) is 42.4 Å². The van der Waals surface area contributed by atoms with Crippen molar-refractivity contribution in [2.45, 2.75) is 80.1 Å². The lowest BCUT2D eigenvalue weighted by Gasteiger charge is -2.19. The van der Waals surface area contributed by atoms with Crippen molar-refractivity contribution in [3.05, 3.63) is 34.9 Å². The normalized spacial score (nSPS) is 14.2. The molecule has 0 heterocycles. The van der Waals surface area contributed by atoms with Crippen LogP contribution in [0.5, 0.6) is 0 Å². The van der Waals surface area contributed by atoms with E-state index in [-0.39, 0.29) is 12.8 Å². The highest BCUT2D eigenvalue weighted by molar-refractivity contribution is 5.33. The second kappa shape index (κ2) is 7.72. The Morgan fingerprint density at radius 1 is 1.05 bits per heavy atom. The highest BCUT2D eigenvalue weighted by atomic mass is 14.2. The molecule has 0 radical (unpaired) electrons. The first-order chi connectivity index (χ1) is 8.34. The van der Waals surface area contributed by atoms with Gasteiger partial charge in [-0.3, -0.25) is 0 Å². The van der Waals surface area contributed by atoms with E-state index in [2.05, 4.69) is 59.7 Å². The Kier molecular flexibility index (Phi) is 7.41. The van der Waals surface area contributed by atoms with Crippen LogP contribution in [0.1, 0.15) is 77.5 Å². The maximum absolute atomic E-state index is 2.29. The molecule has 0 heteroatoms. The maximum atomic E-state index is 2.29. The van der Waals surface area contributed by atoms with E-state index < -0.39 is 0 Å². The zero-order valence-electron chi connectivity index (χ0n) is 13.1. The van der Waals surface area contributed by atoms with Crippen LogP contribution in [0.25, 0.3) is 0 Å². The lowest BCUT2D eigenvalue weighted by molar-refractivity contribution is 0.589. The lowest BCUT2D eigenvalue weighted by atomic mass is 9.85. The molecule has 0 aliphatic heterocycles. The van der Waals surface area contributed by atoms with Gasteiger partial charge in [0.15, 0.2) is 0 Å². The van der Waals surface area contributed by atoms with Gasteiger partial charge >= 0.3 is 0 Å². The highest BCUT2D eigenvalue weighted by Gasteiger charge is 2.18. The second-order valence-electron chi connectivity index (χ2n) is 6.78. The summed E-state index contributed by atoms with van der Waals surface area (Å²) in [5, 5.41) is 0. The molecule has 19 heavy (non-hydrogen) atoms. The number of rotatable bonds is 2. The molecular weight excluding hydrogens is 228 g/mol. The van der Waals surface area contributed by atoms with Crippen LogP contribution in [0.2, 0.25) is 0 Å². The van der Waals surface area contributed by atoms with Crippen molar-refractivity contribution in [1.29, 1.82) is 0 Å². The van der Waals surface area contributed by atoms with Gasteiger partial charge in [-0.1, -0.05) is 79.0 Å². The molecule has 1 aromatic carbocycles. The zero-order chi connectivity index (χ0) is 13.8. The Labute approximate surface area is 121 Å². The van der Waals surface area contributed by atoms with Crippen molar-refractivity contribution >= 4 is 0 Å². The fraction of sp³-hybridized carbons (Fsp3) is 0.684. The van der Waals surface area contributed by atoms with Gasteiger partial charge in [-0.2, -0.15) is 0 Å². The quantitative estimate of drug-likeness (QED) is 0.576. The van der Waals surface area contributed by atoms with Crippen LogP contribution in [0.4, 0.5) is 0 Å². The summed E-state index contributed by atoms with van der Waals surface area (Å²) in [5.74, 6) is 1.15. The van der Waals surface area contributed by atoms with E-state index in [1.807, 2.05) is 0 Å². The molecule has 2 rings (SSSR count). The van der Waals surface area contributed by atoms with Gasteiger partial charge in [0.05, 0.1) is 0 Å². The lowest BCUT2D eigenvalue weighted by Crippen LogP contribution is -2.11. The van der Waals surface area contributed by atoms with Crippen LogP contribution < -0.4 is 0 Å². The Bertz CT molecular complexity index is 364. The molecule has 1 aromatic rings. The molecule has 0 atom stereocenters. The van der Waals surface area contributed by atoms with Crippen molar-refractivity contribution < 1.29 is 0 Å². The largest absolute Gasteiger partial charge is 0.0776 e. The van der Waals surface area contributed by atoms with Crippen molar-refractivity contribution in [2.24, 2.45) is 5.92 Å². The molecule has 0 unspecified atom stereocenters. The fourth-order valence-corrected chi connectivity index (χ4v) is 2.02. The Balaban J connectivity index is 0.000000392. The Hall–Kier alpha value is -0.780. The van der Waals surface area contributed by atoms with Crippen molar-refractivity contribution in [2.75, 3.05) is 0 Å². The average molecular weight is 262 g/mol. The molecular formula is C19H34. The molecule has 1 aliphatic carbocycles. The van der Waals surface area contributed by atoms with Crippen LogP contribution in [0.3, 0.4) is 0 Å².